The SMILES string of the molecule is CN=C(NCc1ccc(-n2ccnc2C)nc1)NCC(C)(C)c1ccccc1.I. The van der Waals surface area contributed by atoms with Crippen molar-refractivity contribution < 1.29 is 0 Å². The third-order valence-corrected chi connectivity index (χ3v) is 4.82. The van der Waals surface area contributed by atoms with Crippen LogP contribution in [0.2, 0.25) is 0 Å². The first kappa shape index (κ1) is 22.9. The van der Waals surface area contributed by atoms with E-state index in [2.05, 4.69) is 69.8 Å². The summed E-state index contributed by atoms with van der Waals surface area (Å²) in [6, 6.07) is 14.6. The number of hydrogen-bond acceptors (Lipinski definition) is 3. The lowest BCUT2D eigenvalue weighted by molar-refractivity contribution is 0.508. The number of hydrogen-bond donors (Lipinski definition) is 2. The Morgan fingerprint density at radius 2 is 1.83 bits per heavy atom. The van der Waals surface area contributed by atoms with Gasteiger partial charge in [0.15, 0.2) is 5.96 Å². The Bertz CT molecular complexity index is 916. The minimum atomic E-state index is 0. The summed E-state index contributed by atoms with van der Waals surface area (Å²) in [6.45, 7) is 7.85. The second-order valence-corrected chi connectivity index (χ2v) is 7.40. The molecule has 0 saturated heterocycles. The Balaban J connectivity index is 0.00000300. The molecule has 2 heterocycles. The van der Waals surface area contributed by atoms with Crippen molar-refractivity contribution in [1.82, 2.24) is 25.2 Å². The maximum atomic E-state index is 4.53. The molecule has 0 radical (unpaired) electrons. The Morgan fingerprint density at radius 3 is 2.41 bits per heavy atom. The van der Waals surface area contributed by atoms with Gasteiger partial charge in [-0.2, -0.15) is 0 Å². The zero-order chi connectivity index (χ0) is 20.0. The third-order valence-electron chi connectivity index (χ3n) is 4.82. The maximum absolute atomic E-state index is 4.53. The van der Waals surface area contributed by atoms with Gasteiger partial charge in [0.2, 0.25) is 0 Å². The van der Waals surface area contributed by atoms with E-state index in [-0.39, 0.29) is 29.4 Å². The summed E-state index contributed by atoms with van der Waals surface area (Å²) in [6.07, 6.45) is 5.57. The molecule has 3 rings (SSSR count). The van der Waals surface area contributed by atoms with Crippen LogP contribution < -0.4 is 10.6 Å². The molecule has 1 aromatic carbocycles. The highest BCUT2D eigenvalue weighted by Gasteiger charge is 2.20. The average molecular weight is 504 g/mol. The van der Waals surface area contributed by atoms with Crippen LogP contribution in [-0.4, -0.2) is 34.1 Å². The van der Waals surface area contributed by atoms with E-state index < -0.39 is 0 Å². The van der Waals surface area contributed by atoms with Crippen LogP contribution in [0.5, 0.6) is 0 Å². The number of nitrogens with one attached hydrogen (secondary N) is 2. The minimum Gasteiger partial charge on any atom is -0.356 e. The van der Waals surface area contributed by atoms with E-state index in [4.69, 9.17) is 0 Å². The molecule has 0 aliphatic carbocycles. The predicted molar refractivity (Wildman–Crippen MR) is 129 cm³/mol. The number of aliphatic imine (C=N–C) groups is 1. The molecule has 0 bridgehead atoms. The van der Waals surface area contributed by atoms with Crippen molar-refractivity contribution in [2.45, 2.75) is 32.7 Å². The molecule has 6 nitrogen and oxygen atoms in total. The van der Waals surface area contributed by atoms with E-state index in [9.17, 15) is 0 Å². The summed E-state index contributed by atoms with van der Waals surface area (Å²) in [4.78, 5) is 13.1. The van der Waals surface area contributed by atoms with E-state index >= 15 is 0 Å². The molecule has 2 aromatic heterocycles. The van der Waals surface area contributed by atoms with Crippen LogP contribution in [0, 0.1) is 6.92 Å². The van der Waals surface area contributed by atoms with Gasteiger partial charge in [0.1, 0.15) is 11.6 Å². The van der Waals surface area contributed by atoms with Crippen molar-refractivity contribution in [3.63, 3.8) is 0 Å². The highest BCUT2D eigenvalue weighted by Crippen LogP contribution is 2.21. The van der Waals surface area contributed by atoms with E-state index in [0.717, 1.165) is 29.7 Å². The first-order valence-electron chi connectivity index (χ1n) is 9.45. The Kier molecular flexibility index (Phi) is 8.19. The lowest BCUT2D eigenvalue weighted by atomic mass is 9.85. The van der Waals surface area contributed by atoms with Crippen LogP contribution in [0.3, 0.4) is 0 Å². The third kappa shape index (κ3) is 6.03. The molecule has 0 saturated carbocycles. The van der Waals surface area contributed by atoms with Gasteiger partial charge in [-0.3, -0.25) is 9.56 Å². The van der Waals surface area contributed by atoms with Gasteiger partial charge in [0, 0.05) is 44.1 Å². The van der Waals surface area contributed by atoms with Gasteiger partial charge >= 0.3 is 0 Å². The monoisotopic (exact) mass is 504 g/mol. The van der Waals surface area contributed by atoms with Crippen molar-refractivity contribution >= 4 is 29.9 Å². The summed E-state index contributed by atoms with van der Waals surface area (Å²) in [5, 5.41) is 6.78. The Morgan fingerprint density at radius 1 is 1.07 bits per heavy atom. The Hall–Kier alpha value is -2.42. The molecule has 0 spiro atoms. The fourth-order valence-electron chi connectivity index (χ4n) is 2.99. The summed E-state index contributed by atoms with van der Waals surface area (Å²) in [5.74, 6) is 2.56. The van der Waals surface area contributed by atoms with Crippen molar-refractivity contribution in [1.29, 1.82) is 0 Å². The first-order chi connectivity index (χ1) is 13.5. The van der Waals surface area contributed by atoms with Crippen LogP contribution >= 0.6 is 24.0 Å². The lowest BCUT2D eigenvalue weighted by Gasteiger charge is -2.26. The van der Waals surface area contributed by atoms with Gasteiger partial charge in [-0.05, 0) is 24.1 Å². The molecule has 7 heteroatoms. The van der Waals surface area contributed by atoms with E-state index in [0.29, 0.717) is 6.54 Å². The second kappa shape index (κ2) is 10.4. The van der Waals surface area contributed by atoms with Crippen LogP contribution in [-0.2, 0) is 12.0 Å². The number of pyridine rings is 1. The highest BCUT2D eigenvalue weighted by molar-refractivity contribution is 14.0. The first-order valence-corrected chi connectivity index (χ1v) is 9.45. The second-order valence-electron chi connectivity index (χ2n) is 7.40. The minimum absolute atomic E-state index is 0. The fraction of sp³-hybridized carbons (Fsp3) is 0.318. The molecule has 0 unspecified atom stereocenters. The van der Waals surface area contributed by atoms with Crippen molar-refractivity contribution in [3.8, 4) is 5.82 Å². The van der Waals surface area contributed by atoms with E-state index in [1.54, 1.807) is 13.2 Å². The molecule has 3 aromatic rings. The smallest absolute Gasteiger partial charge is 0.191 e. The largest absolute Gasteiger partial charge is 0.356 e. The van der Waals surface area contributed by atoms with Crippen molar-refractivity contribution in [2.24, 2.45) is 4.99 Å². The standard InChI is InChI=1S/C22H28N6.HI/c1-17-24-12-13-28(17)20-11-10-18(14-25-20)15-26-21(23-4)27-16-22(2,3)19-8-6-5-7-9-19;/h5-14H,15-16H2,1-4H3,(H2,23,26,27);1H. The molecule has 154 valence electrons. The molecule has 0 aliphatic heterocycles. The molecule has 0 fully saturated rings. The van der Waals surface area contributed by atoms with Gasteiger partial charge in [0.25, 0.3) is 0 Å². The molecule has 29 heavy (non-hydrogen) atoms. The molecular weight excluding hydrogens is 475 g/mol. The molecule has 0 amide bonds. The highest BCUT2D eigenvalue weighted by atomic mass is 127. The number of imidazole rings is 1. The zero-order valence-electron chi connectivity index (χ0n) is 17.4. The maximum Gasteiger partial charge on any atom is 0.191 e. The predicted octanol–water partition coefficient (Wildman–Crippen LogP) is 3.84. The zero-order valence-corrected chi connectivity index (χ0v) is 19.7. The van der Waals surface area contributed by atoms with Crippen LogP contribution in [0.4, 0.5) is 0 Å². The molecule has 0 aliphatic rings. The number of benzene rings is 1. The van der Waals surface area contributed by atoms with Crippen LogP contribution in [0.25, 0.3) is 5.82 Å². The Labute approximate surface area is 189 Å². The number of rotatable bonds is 6. The average Bonchev–Trinajstić information content (AvgIpc) is 3.15. The van der Waals surface area contributed by atoms with Crippen molar-refractivity contribution in [2.75, 3.05) is 13.6 Å². The molecule has 2 N–H and O–H groups in total. The van der Waals surface area contributed by atoms with Gasteiger partial charge in [-0.15, -0.1) is 24.0 Å². The van der Waals surface area contributed by atoms with E-state index in [1.165, 1.54) is 5.56 Å². The molecular formula is C22H29IN6. The summed E-state index contributed by atoms with van der Waals surface area (Å²) in [7, 11) is 1.79. The molecule has 0 atom stereocenters. The van der Waals surface area contributed by atoms with Gasteiger partial charge in [0.05, 0.1) is 0 Å². The number of aryl methyl sites for hydroxylation is 1. The summed E-state index contributed by atoms with van der Waals surface area (Å²) in [5.41, 5.74) is 2.39. The number of guanidine groups is 1. The summed E-state index contributed by atoms with van der Waals surface area (Å²) < 4.78 is 1.96. The van der Waals surface area contributed by atoms with Gasteiger partial charge < -0.3 is 10.6 Å². The topological polar surface area (TPSA) is 67.1 Å². The lowest BCUT2D eigenvalue weighted by Crippen LogP contribution is -2.43. The van der Waals surface area contributed by atoms with Crippen molar-refractivity contribution in [3.05, 3.63) is 78.0 Å². The van der Waals surface area contributed by atoms with Crippen LogP contribution in [0.15, 0.2) is 66.0 Å². The van der Waals surface area contributed by atoms with Gasteiger partial charge in [-0.25, -0.2) is 9.97 Å². The fourth-order valence-corrected chi connectivity index (χ4v) is 2.99. The summed E-state index contributed by atoms with van der Waals surface area (Å²) >= 11 is 0. The van der Waals surface area contributed by atoms with Crippen LogP contribution in [0.1, 0.15) is 30.8 Å². The quantitative estimate of drug-likeness (QED) is 0.304. The number of halogens is 1. The van der Waals surface area contributed by atoms with E-state index in [1.807, 2.05) is 36.0 Å². The normalized spacial score (nSPS) is 11.7. The number of nitrogens with zero attached hydrogens (tertiary/aromatic N) is 4. The number of aromatic nitrogens is 3. The van der Waals surface area contributed by atoms with Gasteiger partial charge in [-0.1, -0.05) is 50.2 Å².